The van der Waals surface area contributed by atoms with Gasteiger partial charge in [0.1, 0.15) is 11.6 Å². The first-order chi connectivity index (χ1) is 9.15. The highest BCUT2D eigenvalue weighted by Gasteiger charge is 2.38. The summed E-state index contributed by atoms with van der Waals surface area (Å²) < 4.78 is 19.3. The summed E-state index contributed by atoms with van der Waals surface area (Å²) in [6.07, 6.45) is 1.58. The fraction of sp³-hybridized carbons (Fsp3) is 0.250. The van der Waals surface area contributed by atoms with E-state index in [0.717, 1.165) is 24.2 Å². The number of methoxy groups -OCH3 is 1. The molecule has 3 rings (SSSR count). The monoisotopic (exact) mass is 257 g/mol. The molecule has 2 nitrogen and oxygen atoms in total. The predicted octanol–water partition coefficient (Wildman–Crippen LogP) is 2.98. The lowest BCUT2D eigenvalue weighted by atomic mass is 9.85. The van der Waals surface area contributed by atoms with Gasteiger partial charge >= 0.3 is 0 Å². The van der Waals surface area contributed by atoms with Gasteiger partial charge in [-0.15, -0.1) is 0 Å². The van der Waals surface area contributed by atoms with E-state index in [2.05, 4.69) is 0 Å². The fourth-order valence-corrected chi connectivity index (χ4v) is 2.89. The van der Waals surface area contributed by atoms with Crippen LogP contribution in [-0.2, 0) is 12.0 Å². The Kier molecular flexibility index (Phi) is 2.79. The predicted molar refractivity (Wildman–Crippen MR) is 72.7 cm³/mol. The Labute approximate surface area is 112 Å². The van der Waals surface area contributed by atoms with E-state index in [-0.39, 0.29) is 5.82 Å². The smallest absolute Gasteiger partial charge is 0.128 e. The molecule has 0 saturated carbocycles. The van der Waals surface area contributed by atoms with Crippen LogP contribution in [0.5, 0.6) is 5.75 Å². The Hall–Kier alpha value is -1.87. The zero-order valence-corrected chi connectivity index (χ0v) is 10.8. The summed E-state index contributed by atoms with van der Waals surface area (Å²) in [6.45, 7) is 0. The van der Waals surface area contributed by atoms with Crippen molar-refractivity contribution >= 4 is 0 Å². The quantitative estimate of drug-likeness (QED) is 0.897. The van der Waals surface area contributed by atoms with Crippen LogP contribution in [0.4, 0.5) is 4.39 Å². The van der Waals surface area contributed by atoms with Crippen LogP contribution in [0.15, 0.2) is 42.5 Å². The Bertz CT molecular complexity index is 626. The Morgan fingerprint density at radius 1 is 1.16 bits per heavy atom. The molecule has 3 heteroatoms. The largest absolute Gasteiger partial charge is 0.497 e. The van der Waals surface area contributed by atoms with Gasteiger partial charge in [0.2, 0.25) is 0 Å². The topological polar surface area (TPSA) is 35.2 Å². The van der Waals surface area contributed by atoms with Crippen molar-refractivity contribution in [3.05, 3.63) is 65.0 Å². The van der Waals surface area contributed by atoms with Crippen LogP contribution in [0.3, 0.4) is 0 Å². The van der Waals surface area contributed by atoms with Crippen molar-refractivity contribution < 1.29 is 9.13 Å². The van der Waals surface area contributed by atoms with Gasteiger partial charge in [0, 0.05) is 5.56 Å². The lowest BCUT2D eigenvalue weighted by Gasteiger charge is -2.26. The molecule has 0 aliphatic heterocycles. The van der Waals surface area contributed by atoms with Crippen molar-refractivity contribution in [3.63, 3.8) is 0 Å². The summed E-state index contributed by atoms with van der Waals surface area (Å²) in [5.41, 5.74) is 8.47. The van der Waals surface area contributed by atoms with Crippen LogP contribution in [-0.4, -0.2) is 7.11 Å². The molecule has 1 aliphatic carbocycles. The van der Waals surface area contributed by atoms with E-state index in [1.54, 1.807) is 19.2 Å². The number of aryl methyl sites for hydroxylation is 1. The van der Waals surface area contributed by atoms with E-state index in [9.17, 15) is 4.39 Å². The Balaban J connectivity index is 2.17. The molecule has 2 N–H and O–H groups in total. The van der Waals surface area contributed by atoms with Crippen LogP contribution in [0, 0.1) is 5.82 Å². The average molecular weight is 257 g/mol. The minimum atomic E-state index is -0.755. The molecule has 0 saturated heterocycles. The van der Waals surface area contributed by atoms with Gasteiger partial charge in [-0.25, -0.2) is 4.39 Å². The number of hydrogen-bond acceptors (Lipinski definition) is 2. The van der Waals surface area contributed by atoms with Gasteiger partial charge in [-0.2, -0.15) is 0 Å². The maximum absolute atomic E-state index is 14.1. The molecular formula is C16H16FNO. The van der Waals surface area contributed by atoms with Gasteiger partial charge in [-0.3, -0.25) is 0 Å². The number of fused-ring (bicyclic) bond motifs is 1. The first kappa shape index (κ1) is 12.2. The molecule has 0 spiro atoms. The summed E-state index contributed by atoms with van der Waals surface area (Å²) in [5.74, 6) is 0.507. The SMILES string of the molecule is COc1ccc2c(c1)C(N)(c1ccccc1F)CC2. The van der Waals surface area contributed by atoms with Crippen LogP contribution in [0.25, 0.3) is 0 Å². The summed E-state index contributed by atoms with van der Waals surface area (Å²) >= 11 is 0. The Morgan fingerprint density at radius 2 is 1.95 bits per heavy atom. The minimum absolute atomic E-state index is 0.249. The van der Waals surface area contributed by atoms with Crippen LogP contribution in [0.2, 0.25) is 0 Å². The zero-order valence-electron chi connectivity index (χ0n) is 10.8. The van der Waals surface area contributed by atoms with Gasteiger partial charge in [0.05, 0.1) is 12.6 Å². The lowest BCUT2D eigenvalue weighted by Crippen LogP contribution is -2.36. The van der Waals surface area contributed by atoms with E-state index in [1.165, 1.54) is 11.6 Å². The maximum Gasteiger partial charge on any atom is 0.128 e. The molecule has 0 fully saturated rings. The molecular weight excluding hydrogens is 241 g/mol. The highest BCUT2D eigenvalue weighted by Crippen LogP contribution is 2.42. The van der Waals surface area contributed by atoms with Gasteiger partial charge in [0.15, 0.2) is 0 Å². The van der Waals surface area contributed by atoms with Crippen molar-refractivity contribution in [2.24, 2.45) is 5.73 Å². The third-order valence-electron chi connectivity index (χ3n) is 3.94. The lowest BCUT2D eigenvalue weighted by molar-refractivity contribution is 0.412. The van der Waals surface area contributed by atoms with E-state index >= 15 is 0 Å². The number of nitrogens with two attached hydrogens (primary N) is 1. The van der Waals surface area contributed by atoms with Gasteiger partial charge < -0.3 is 10.5 Å². The summed E-state index contributed by atoms with van der Waals surface area (Å²) in [7, 11) is 1.62. The van der Waals surface area contributed by atoms with Gasteiger partial charge in [-0.05, 0) is 42.2 Å². The highest BCUT2D eigenvalue weighted by molar-refractivity contribution is 5.50. The second-order valence-electron chi connectivity index (χ2n) is 4.97. The van der Waals surface area contributed by atoms with E-state index < -0.39 is 5.54 Å². The minimum Gasteiger partial charge on any atom is -0.497 e. The third-order valence-corrected chi connectivity index (χ3v) is 3.94. The molecule has 0 radical (unpaired) electrons. The van der Waals surface area contributed by atoms with Crippen molar-refractivity contribution in [1.29, 1.82) is 0 Å². The van der Waals surface area contributed by atoms with Crippen molar-refractivity contribution in [2.45, 2.75) is 18.4 Å². The van der Waals surface area contributed by atoms with Crippen molar-refractivity contribution in [2.75, 3.05) is 7.11 Å². The summed E-state index contributed by atoms with van der Waals surface area (Å²) in [6, 6.07) is 12.6. The number of benzene rings is 2. The number of halogens is 1. The van der Waals surface area contributed by atoms with Crippen LogP contribution < -0.4 is 10.5 Å². The van der Waals surface area contributed by atoms with Crippen LogP contribution in [0.1, 0.15) is 23.1 Å². The zero-order chi connectivity index (χ0) is 13.5. The molecule has 1 aliphatic rings. The molecule has 2 aromatic rings. The fourth-order valence-electron chi connectivity index (χ4n) is 2.89. The van der Waals surface area contributed by atoms with Crippen molar-refractivity contribution in [3.8, 4) is 5.75 Å². The number of ether oxygens (including phenoxy) is 1. The number of rotatable bonds is 2. The van der Waals surface area contributed by atoms with Gasteiger partial charge in [-0.1, -0.05) is 24.3 Å². The second kappa shape index (κ2) is 4.35. The van der Waals surface area contributed by atoms with E-state index in [4.69, 9.17) is 10.5 Å². The molecule has 0 heterocycles. The Morgan fingerprint density at radius 3 is 2.68 bits per heavy atom. The molecule has 1 atom stereocenters. The molecule has 19 heavy (non-hydrogen) atoms. The summed E-state index contributed by atoms with van der Waals surface area (Å²) in [5, 5.41) is 0. The van der Waals surface area contributed by atoms with E-state index in [0.29, 0.717) is 5.56 Å². The highest BCUT2D eigenvalue weighted by atomic mass is 19.1. The second-order valence-corrected chi connectivity index (χ2v) is 4.97. The molecule has 98 valence electrons. The summed E-state index contributed by atoms with van der Waals surface area (Å²) in [4.78, 5) is 0. The molecule has 1 unspecified atom stereocenters. The van der Waals surface area contributed by atoms with Crippen molar-refractivity contribution in [1.82, 2.24) is 0 Å². The normalized spacial score (nSPS) is 21.2. The standard InChI is InChI=1S/C16H16FNO/c1-19-12-7-6-11-8-9-16(18,14(11)10-12)13-4-2-3-5-15(13)17/h2-7,10H,8-9,18H2,1H3. The molecule has 2 aromatic carbocycles. The first-order valence-corrected chi connectivity index (χ1v) is 6.36. The first-order valence-electron chi connectivity index (χ1n) is 6.36. The van der Waals surface area contributed by atoms with Crippen LogP contribution >= 0.6 is 0 Å². The average Bonchev–Trinajstić information content (AvgIpc) is 2.77. The third kappa shape index (κ3) is 1.81. The molecule has 0 bridgehead atoms. The van der Waals surface area contributed by atoms with Gasteiger partial charge in [0.25, 0.3) is 0 Å². The maximum atomic E-state index is 14.1. The molecule has 0 amide bonds. The molecule has 0 aromatic heterocycles. The van der Waals surface area contributed by atoms with E-state index in [1.807, 2.05) is 24.3 Å². The number of hydrogen-bond donors (Lipinski definition) is 1.